The highest BCUT2D eigenvalue weighted by atomic mass is 28.3. The summed E-state index contributed by atoms with van der Waals surface area (Å²) in [6.07, 6.45) is 0.894. The second-order valence-corrected chi connectivity index (χ2v) is 8.96. The standard InChI is InChI=1S/C12H16Si/c1-13(2,3)11-7-10-12-8-5-4-6-9-12/h4-6,8-9H,10H2,1-3H3. The molecule has 13 heavy (non-hydrogen) atoms. The molecule has 1 aromatic carbocycles. The molecule has 0 N–H and O–H groups in total. The summed E-state index contributed by atoms with van der Waals surface area (Å²) in [5.74, 6) is 3.25. The maximum absolute atomic E-state index is 3.36. The van der Waals surface area contributed by atoms with Crippen LogP contribution in [0.25, 0.3) is 0 Å². The van der Waals surface area contributed by atoms with Crippen molar-refractivity contribution in [2.24, 2.45) is 0 Å². The van der Waals surface area contributed by atoms with E-state index in [0.29, 0.717) is 0 Å². The lowest BCUT2D eigenvalue weighted by Crippen LogP contribution is -2.16. The van der Waals surface area contributed by atoms with E-state index >= 15 is 0 Å². The third-order valence-electron chi connectivity index (χ3n) is 1.60. The summed E-state index contributed by atoms with van der Waals surface area (Å²) < 4.78 is 0. The lowest BCUT2D eigenvalue weighted by molar-refractivity contribution is 1.32. The van der Waals surface area contributed by atoms with Crippen LogP contribution in [0.15, 0.2) is 30.3 Å². The lowest BCUT2D eigenvalue weighted by atomic mass is 10.2. The average Bonchev–Trinajstić information content (AvgIpc) is 2.04. The zero-order chi connectivity index (χ0) is 9.73. The van der Waals surface area contributed by atoms with Crippen molar-refractivity contribution in [1.29, 1.82) is 0 Å². The van der Waals surface area contributed by atoms with E-state index < -0.39 is 8.07 Å². The Morgan fingerprint density at radius 2 is 1.69 bits per heavy atom. The van der Waals surface area contributed by atoms with Gasteiger partial charge in [0.1, 0.15) is 8.07 Å². The molecule has 0 amide bonds. The monoisotopic (exact) mass is 188 g/mol. The van der Waals surface area contributed by atoms with Gasteiger partial charge in [0, 0.05) is 6.42 Å². The molecule has 0 bridgehead atoms. The molecule has 0 aliphatic rings. The quantitative estimate of drug-likeness (QED) is 0.469. The summed E-state index contributed by atoms with van der Waals surface area (Å²) >= 11 is 0. The smallest absolute Gasteiger partial charge is 0.129 e. The van der Waals surface area contributed by atoms with Crippen LogP contribution in [0.5, 0.6) is 0 Å². The molecule has 0 saturated heterocycles. The highest BCUT2D eigenvalue weighted by Crippen LogP contribution is 2.00. The van der Waals surface area contributed by atoms with Crippen LogP contribution in [0.1, 0.15) is 5.56 Å². The summed E-state index contributed by atoms with van der Waals surface area (Å²) in [5, 5.41) is 0. The molecule has 1 rings (SSSR count). The predicted octanol–water partition coefficient (Wildman–Crippen LogP) is 3.11. The van der Waals surface area contributed by atoms with Gasteiger partial charge in [-0.2, -0.15) is 0 Å². The van der Waals surface area contributed by atoms with Gasteiger partial charge >= 0.3 is 0 Å². The summed E-state index contributed by atoms with van der Waals surface area (Å²) in [7, 11) is -1.17. The molecule has 1 heteroatoms. The van der Waals surface area contributed by atoms with Crippen LogP contribution in [0, 0.1) is 11.5 Å². The molecule has 0 saturated carbocycles. The van der Waals surface area contributed by atoms with Gasteiger partial charge in [0.25, 0.3) is 0 Å². The van der Waals surface area contributed by atoms with E-state index in [1.54, 1.807) is 0 Å². The van der Waals surface area contributed by atoms with Crippen LogP contribution in [-0.2, 0) is 6.42 Å². The molecule has 0 radical (unpaired) electrons. The third-order valence-corrected chi connectivity index (χ3v) is 2.53. The minimum Gasteiger partial charge on any atom is -0.132 e. The van der Waals surface area contributed by atoms with E-state index in [9.17, 15) is 0 Å². The van der Waals surface area contributed by atoms with Gasteiger partial charge in [0.2, 0.25) is 0 Å². The molecule has 1 aromatic rings. The van der Waals surface area contributed by atoms with Crippen LogP contribution >= 0.6 is 0 Å². The normalized spacial score (nSPS) is 10.4. The Kier molecular flexibility index (Phi) is 3.33. The molecule has 68 valence electrons. The molecule has 0 atom stereocenters. The van der Waals surface area contributed by atoms with Gasteiger partial charge in [0.15, 0.2) is 0 Å². The van der Waals surface area contributed by atoms with E-state index in [1.165, 1.54) is 5.56 Å². The molecule has 0 aliphatic carbocycles. The van der Waals surface area contributed by atoms with Crippen molar-refractivity contribution in [2.75, 3.05) is 0 Å². The van der Waals surface area contributed by atoms with Crippen molar-refractivity contribution in [1.82, 2.24) is 0 Å². The van der Waals surface area contributed by atoms with Crippen molar-refractivity contribution < 1.29 is 0 Å². The molecule has 0 nitrogen and oxygen atoms in total. The minimum atomic E-state index is -1.17. The van der Waals surface area contributed by atoms with Gasteiger partial charge in [-0.25, -0.2) is 0 Å². The van der Waals surface area contributed by atoms with Gasteiger partial charge in [-0.05, 0) is 5.56 Å². The topological polar surface area (TPSA) is 0 Å². The van der Waals surface area contributed by atoms with Gasteiger partial charge in [-0.15, -0.1) is 11.5 Å². The van der Waals surface area contributed by atoms with E-state index in [1.807, 2.05) is 6.07 Å². The highest BCUT2D eigenvalue weighted by molar-refractivity contribution is 6.83. The first kappa shape index (κ1) is 10.1. The second kappa shape index (κ2) is 4.29. The van der Waals surface area contributed by atoms with Gasteiger partial charge in [-0.3, -0.25) is 0 Å². The first-order valence-electron chi connectivity index (χ1n) is 4.62. The van der Waals surface area contributed by atoms with Crippen molar-refractivity contribution in [2.45, 2.75) is 26.1 Å². The molecule has 0 unspecified atom stereocenters. The highest BCUT2D eigenvalue weighted by Gasteiger charge is 2.06. The van der Waals surface area contributed by atoms with Crippen LogP contribution in [0.2, 0.25) is 19.6 Å². The molecule has 0 heterocycles. The fourth-order valence-electron chi connectivity index (χ4n) is 1.01. The maximum Gasteiger partial charge on any atom is 0.129 e. The molecule has 0 fully saturated rings. The van der Waals surface area contributed by atoms with Crippen LogP contribution in [0.3, 0.4) is 0 Å². The largest absolute Gasteiger partial charge is 0.132 e. The number of rotatable bonds is 1. The summed E-state index contributed by atoms with van der Waals surface area (Å²) in [6.45, 7) is 6.81. The third kappa shape index (κ3) is 4.54. The van der Waals surface area contributed by atoms with E-state index in [-0.39, 0.29) is 0 Å². The second-order valence-electron chi connectivity index (χ2n) is 4.21. The Labute approximate surface area is 82.0 Å². The average molecular weight is 188 g/mol. The van der Waals surface area contributed by atoms with Gasteiger partial charge < -0.3 is 0 Å². The summed E-state index contributed by atoms with van der Waals surface area (Å²) in [4.78, 5) is 0. The fourth-order valence-corrected chi connectivity index (χ4v) is 1.63. The Bertz CT molecular complexity index is 308. The SMILES string of the molecule is C[Si](C)(C)C#CCc1ccccc1. The van der Waals surface area contributed by atoms with Crippen molar-refractivity contribution in [3.63, 3.8) is 0 Å². The van der Waals surface area contributed by atoms with Crippen molar-refractivity contribution >= 4 is 8.07 Å². The number of benzene rings is 1. The molecule has 0 aromatic heterocycles. The van der Waals surface area contributed by atoms with Gasteiger partial charge in [0.05, 0.1) is 0 Å². The maximum atomic E-state index is 3.36. The predicted molar refractivity (Wildman–Crippen MR) is 61.3 cm³/mol. The molecule has 0 aliphatic heterocycles. The van der Waals surface area contributed by atoms with Crippen molar-refractivity contribution in [3.05, 3.63) is 35.9 Å². The summed E-state index contributed by atoms with van der Waals surface area (Å²) in [6, 6.07) is 10.4. The van der Waals surface area contributed by atoms with Gasteiger partial charge in [-0.1, -0.05) is 50.0 Å². The Morgan fingerprint density at radius 1 is 1.08 bits per heavy atom. The fraction of sp³-hybridized carbons (Fsp3) is 0.333. The Hall–Kier alpha value is -1.00. The minimum absolute atomic E-state index is 0.894. The first-order chi connectivity index (χ1) is 6.08. The first-order valence-corrected chi connectivity index (χ1v) is 8.12. The molecular weight excluding hydrogens is 172 g/mol. The zero-order valence-electron chi connectivity index (χ0n) is 8.59. The molecule has 0 spiro atoms. The summed E-state index contributed by atoms with van der Waals surface area (Å²) in [5.41, 5.74) is 4.67. The van der Waals surface area contributed by atoms with E-state index in [2.05, 4.69) is 55.4 Å². The zero-order valence-corrected chi connectivity index (χ0v) is 9.59. The van der Waals surface area contributed by atoms with E-state index in [4.69, 9.17) is 0 Å². The number of hydrogen-bond acceptors (Lipinski definition) is 0. The van der Waals surface area contributed by atoms with E-state index in [0.717, 1.165) is 6.42 Å². The Morgan fingerprint density at radius 3 is 2.23 bits per heavy atom. The Balaban J connectivity index is 2.56. The van der Waals surface area contributed by atoms with Crippen molar-refractivity contribution in [3.8, 4) is 11.5 Å². The van der Waals surface area contributed by atoms with Crippen LogP contribution in [0.4, 0.5) is 0 Å². The molecular formula is C12H16Si. The van der Waals surface area contributed by atoms with Crippen LogP contribution < -0.4 is 0 Å². The van der Waals surface area contributed by atoms with Crippen LogP contribution in [-0.4, -0.2) is 8.07 Å². The number of hydrogen-bond donors (Lipinski definition) is 0. The lowest BCUT2D eigenvalue weighted by Gasteiger charge is -2.03.